The summed E-state index contributed by atoms with van der Waals surface area (Å²) in [4.78, 5) is 32.7. The van der Waals surface area contributed by atoms with Gasteiger partial charge in [0.1, 0.15) is 6.54 Å². The molecule has 3 rings (SSSR count). The number of hydrogen-bond acceptors (Lipinski definition) is 8. The number of ether oxygens (including phenoxy) is 1. The minimum Gasteiger partial charge on any atom is -0.465 e. The summed E-state index contributed by atoms with van der Waals surface area (Å²) < 4.78 is 10.3. The number of esters is 1. The van der Waals surface area contributed by atoms with Crippen molar-refractivity contribution in [3.8, 4) is 22.2 Å². The van der Waals surface area contributed by atoms with Crippen LogP contribution in [-0.4, -0.2) is 53.2 Å². The Bertz CT molecular complexity index is 1050. The lowest BCUT2D eigenvalue weighted by molar-refractivity contribution is -0.141. The van der Waals surface area contributed by atoms with Crippen molar-refractivity contribution >= 4 is 23.2 Å². The highest BCUT2D eigenvalue weighted by Crippen LogP contribution is 2.32. The minimum atomic E-state index is -0.471. The summed E-state index contributed by atoms with van der Waals surface area (Å²) >= 11 is 1.67. The molecule has 170 valence electrons. The van der Waals surface area contributed by atoms with Gasteiger partial charge in [0.25, 0.3) is 11.8 Å². The van der Waals surface area contributed by atoms with E-state index >= 15 is 0 Å². The summed E-state index contributed by atoms with van der Waals surface area (Å²) in [5.41, 5.74) is 2.38. The number of aryl methyl sites for hydroxylation is 1. The van der Waals surface area contributed by atoms with Crippen molar-refractivity contribution in [2.45, 2.75) is 34.2 Å². The van der Waals surface area contributed by atoms with E-state index in [0.29, 0.717) is 17.3 Å². The molecule has 1 amide bonds. The number of nitrogens with zero attached hydrogens (tertiary/aromatic N) is 3. The summed E-state index contributed by atoms with van der Waals surface area (Å²) in [6.45, 7) is 11.2. The van der Waals surface area contributed by atoms with Crippen LogP contribution in [0.25, 0.3) is 22.2 Å². The molecule has 32 heavy (non-hydrogen) atoms. The van der Waals surface area contributed by atoms with Crippen LogP contribution in [0.1, 0.15) is 41.6 Å². The monoisotopic (exact) mass is 456 g/mol. The van der Waals surface area contributed by atoms with Crippen molar-refractivity contribution in [2.24, 2.45) is 0 Å². The third-order valence-corrected chi connectivity index (χ3v) is 6.23. The fourth-order valence-corrected chi connectivity index (χ4v) is 4.25. The zero-order chi connectivity index (χ0) is 23.1. The molecule has 0 spiro atoms. The van der Waals surface area contributed by atoms with Crippen LogP contribution < -0.4 is 5.32 Å². The highest BCUT2D eigenvalue weighted by molar-refractivity contribution is 7.15. The number of rotatable bonds is 10. The summed E-state index contributed by atoms with van der Waals surface area (Å²) in [7, 11) is 0. The molecule has 0 saturated carbocycles. The van der Waals surface area contributed by atoms with Crippen LogP contribution in [0.3, 0.4) is 0 Å². The number of benzene rings is 1. The molecule has 9 heteroatoms. The van der Waals surface area contributed by atoms with Crippen molar-refractivity contribution in [3.63, 3.8) is 0 Å². The van der Waals surface area contributed by atoms with Gasteiger partial charge in [0.2, 0.25) is 5.82 Å². The van der Waals surface area contributed by atoms with E-state index in [2.05, 4.69) is 47.2 Å². The Morgan fingerprint density at radius 2 is 1.88 bits per heavy atom. The smallest absolute Gasteiger partial charge is 0.325 e. The van der Waals surface area contributed by atoms with Gasteiger partial charge < -0.3 is 14.6 Å². The molecule has 1 N–H and O–H groups in total. The largest absolute Gasteiger partial charge is 0.465 e. The third-order valence-electron chi connectivity index (χ3n) is 5.02. The Balaban J connectivity index is 1.68. The fraction of sp³-hybridized carbons (Fsp3) is 0.391. The molecular weight excluding hydrogens is 428 g/mol. The highest BCUT2D eigenvalue weighted by Gasteiger charge is 2.16. The van der Waals surface area contributed by atoms with E-state index in [-0.39, 0.29) is 19.1 Å². The van der Waals surface area contributed by atoms with Gasteiger partial charge in [-0.1, -0.05) is 31.1 Å². The minimum absolute atomic E-state index is 0.168. The molecule has 8 nitrogen and oxygen atoms in total. The normalized spacial score (nSPS) is 11.0. The summed E-state index contributed by atoms with van der Waals surface area (Å²) in [6, 6.07) is 8.89. The zero-order valence-corrected chi connectivity index (χ0v) is 19.6. The number of nitrogens with one attached hydrogen (secondary N) is 1. The Morgan fingerprint density at radius 1 is 1.16 bits per heavy atom. The van der Waals surface area contributed by atoms with Crippen LogP contribution in [0.15, 0.2) is 34.9 Å². The molecule has 0 unspecified atom stereocenters. The van der Waals surface area contributed by atoms with E-state index in [4.69, 9.17) is 9.26 Å². The molecule has 0 aliphatic heterocycles. The van der Waals surface area contributed by atoms with E-state index in [9.17, 15) is 9.59 Å². The first-order chi connectivity index (χ1) is 15.4. The third kappa shape index (κ3) is 5.80. The Morgan fingerprint density at radius 3 is 2.53 bits per heavy atom. The van der Waals surface area contributed by atoms with E-state index in [1.807, 2.05) is 0 Å². The second-order valence-electron chi connectivity index (χ2n) is 7.17. The lowest BCUT2D eigenvalue weighted by atomic mass is 10.1. The van der Waals surface area contributed by atoms with Gasteiger partial charge in [0, 0.05) is 22.5 Å². The molecule has 0 saturated heterocycles. The lowest BCUT2D eigenvalue weighted by Gasteiger charge is -2.17. The maximum absolute atomic E-state index is 12.2. The number of amides is 1. The molecule has 0 radical (unpaired) electrons. The number of carbonyl (C=O) groups excluding carboxylic acids is 2. The van der Waals surface area contributed by atoms with E-state index < -0.39 is 5.97 Å². The van der Waals surface area contributed by atoms with E-state index in [1.165, 1.54) is 10.4 Å². The lowest BCUT2D eigenvalue weighted by Crippen LogP contribution is -2.30. The van der Waals surface area contributed by atoms with Gasteiger partial charge in [-0.05, 0) is 50.7 Å². The molecule has 0 aliphatic carbocycles. The van der Waals surface area contributed by atoms with Gasteiger partial charge in [0.05, 0.1) is 11.5 Å². The number of carbonyl (C=O) groups is 2. The van der Waals surface area contributed by atoms with Crippen molar-refractivity contribution in [3.05, 3.63) is 46.3 Å². The standard InChI is InChI=1S/C23H28N4O4S/c1-5-27(6-2)14-19-15(4)12-18(32-19)23-25-21(26-31-23)16-8-10-17(11-9-16)22(29)24-13-20(28)30-7-3/h8-12H,5-7,13-14H2,1-4H3,(H,24,29). The SMILES string of the molecule is CCOC(=O)CNC(=O)c1ccc(-c2noc(-c3cc(C)c(CN(CC)CC)s3)n2)cc1. The Kier molecular flexibility index (Phi) is 8.13. The van der Waals surface area contributed by atoms with Crippen molar-refractivity contribution < 1.29 is 18.8 Å². The Labute approximate surface area is 191 Å². The van der Waals surface area contributed by atoms with Crippen LogP contribution in [0.2, 0.25) is 0 Å². The quantitative estimate of drug-likeness (QED) is 0.462. The van der Waals surface area contributed by atoms with E-state index in [1.54, 1.807) is 42.5 Å². The highest BCUT2D eigenvalue weighted by atomic mass is 32.1. The molecular formula is C23H28N4O4S. The van der Waals surface area contributed by atoms with Crippen molar-refractivity contribution in [2.75, 3.05) is 26.2 Å². The van der Waals surface area contributed by atoms with Crippen LogP contribution in [0, 0.1) is 6.92 Å². The summed E-state index contributed by atoms with van der Waals surface area (Å²) in [6.07, 6.45) is 0. The van der Waals surface area contributed by atoms with Gasteiger partial charge in [-0.3, -0.25) is 14.5 Å². The molecule has 0 aliphatic rings. The summed E-state index contributed by atoms with van der Waals surface area (Å²) in [5, 5.41) is 6.63. The molecule has 0 atom stereocenters. The van der Waals surface area contributed by atoms with Crippen LogP contribution in [-0.2, 0) is 16.1 Å². The first-order valence-electron chi connectivity index (χ1n) is 10.6. The number of aromatic nitrogens is 2. The Hall–Kier alpha value is -3.04. The maximum Gasteiger partial charge on any atom is 0.325 e. The second kappa shape index (κ2) is 11.0. The first-order valence-corrected chi connectivity index (χ1v) is 11.5. The van der Waals surface area contributed by atoms with Gasteiger partial charge in [-0.2, -0.15) is 4.98 Å². The average molecular weight is 457 g/mol. The molecule has 0 fully saturated rings. The van der Waals surface area contributed by atoms with Gasteiger partial charge in [0.15, 0.2) is 0 Å². The van der Waals surface area contributed by atoms with Gasteiger partial charge in [-0.15, -0.1) is 11.3 Å². The van der Waals surface area contributed by atoms with Crippen LogP contribution >= 0.6 is 11.3 Å². The predicted octanol–water partition coefficient (Wildman–Crippen LogP) is 3.91. The molecule has 2 aromatic heterocycles. The van der Waals surface area contributed by atoms with Crippen molar-refractivity contribution in [1.82, 2.24) is 20.4 Å². The average Bonchev–Trinajstić information content (AvgIpc) is 3.43. The summed E-state index contributed by atoms with van der Waals surface area (Å²) in [5.74, 6) is 0.110. The number of thiophene rings is 1. The van der Waals surface area contributed by atoms with Gasteiger partial charge in [-0.25, -0.2) is 0 Å². The fourth-order valence-electron chi connectivity index (χ4n) is 3.11. The molecule has 2 heterocycles. The van der Waals surface area contributed by atoms with Crippen LogP contribution in [0.5, 0.6) is 0 Å². The zero-order valence-electron chi connectivity index (χ0n) is 18.8. The topological polar surface area (TPSA) is 97.6 Å². The maximum atomic E-state index is 12.2. The van der Waals surface area contributed by atoms with Crippen molar-refractivity contribution in [1.29, 1.82) is 0 Å². The van der Waals surface area contributed by atoms with E-state index in [0.717, 1.165) is 30.1 Å². The predicted molar refractivity (Wildman–Crippen MR) is 123 cm³/mol. The second-order valence-corrected chi connectivity index (χ2v) is 8.30. The molecule has 1 aromatic carbocycles. The number of hydrogen-bond donors (Lipinski definition) is 1. The van der Waals surface area contributed by atoms with Gasteiger partial charge >= 0.3 is 5.97 Å². The molecule has 3 aromatic rings. The first kappa shape index (κ1) is 23.6. The van der Waals surface area contributed by atoms with Crippen LogP contribution in [0.4, 0.5) is 0 Å². The molecule has 0 bridgehead atoms.